The molecule has 8 aromatic rings. The van der Waals surface area contributed by atoms with Gasteiger partial charge in [-0.3, -0.25) is 8.97 Å². The number of aromatic amines is 1. The van der Waals surface area contributed by atoms with E-state index < -0.39 is 0 Å². The smallest absolute Gasteiger partial charge is 0.220 e. The molecule has 5 aromatic carbocycles. The maximum Gasteiger partial charge on any atom is 0.220 e. The second-order valence-corrected chi connectivity index (χ2v) is 9.04. The molecule has 3 aromatic heterocycles. The lowest BCUT2D eigenvalue weighted by Crippen LogP contribution is -1.94. The molecule has 0 spiro atoms. The van der Waals surface area contributed by atoms with E-state index in [0.717, 1.165) is 39.0 Å². The van der Waals surface area contributed by atoms with E-state index >= 15 is 0 Å². The summed E-state index contributed by atoms with van der Waals surface area (Å²) in [5.41, 5.74) is 10.2. The van der Waals surface area contributed by atoms with E-state index in [4.69, 9.17) is 4.98 Å². The van der Waals surface area contributed by atoms with Crippen LogP contribution in [0, 0.1) is 0 Å². The molecule has 0 radical (unpaired) electrons. The minimum Gasteiger partial charge on any atom is -0.355 e. The molecule has 0 fully saturated rings. The van der Waals surface area contributed by atoms with Gasteiger partial charge in [0.2, 0.25) is 5.78 Å². The van der Waals surface area contributed by atoms with Crippen molar-refractivity contribution in [3.63, 3.8) is 0 Å². The number of H-pyrrole nitrogens is 1. The Bertz CT molecular complexity index is 2050. The van der Waals surface area contributed by atoms with Crippen molar-refractivity contribution in [3.8, 4) is 16.8 Å². The average Bonchev–Trinajstić information content (AvgIpc) is 3.57. The maximum absolute atomic E-state index is 5.02. The molecule has 35 heavy (non-hydrogen) atoms. The summed E-state index contributed by atoms with van der Waals surface area (Å²) in [6.45, 7) is 0. The van der Waals surface area contributed by atoms with E-state index in [-0.39, 0.29) is 0 Å². The Morgan fingerprint density at radius 2 is 1.29 bits per heavy atom. The molecule has 4 heteroatoms. The van der Waals surface area contributed by atoms with Crippen molar-refractivity contribution in [2.75, 3.05) is 0 Å². The molecule has 0 atom stereocenters. The van der Waals surface area contributed by atoms with Gasteiger partial charge in [0.05, 0.1) is 22.1 Å². The van der Waals surface area contributed by atoms with Gasteiger partial charge < -0.3 is 4.98 Å². The van der Waals surface area contributed by atoms with Crippen LogP contribution in [-0.2, 0) is 0 Å². The summed E-state index contributed by atoms with van der Waals surface area (Å²) < 4.78 is 4.54. The maximum atomic E-state index is 5.02. The molecule has 164 valence electrons. The number of fused-ring (bicyclic) bond motifs is 8. The van der Waals surface area contributed by atoms with Gasteiger partial charge >= 0.3 is 0 Å². The molecule has 0 saturated carbocycles. The minimum absolute atomic E-state index is 0.927. The van der Waals surface area contributed by atoms with Gasteiger partial charge in [0.1, 0.15) is 0 Å². The number of rotatable bonds is 2. The molecule has 0 aliphatic heterocycles. The van der Waals surface area contributed by atoms with Crippen molar-refractivity contribution in [1.29, 1.82) is 0 Å². The van der Waals surface area contributed by atoms with Gasteiger partial charge in [-0.05, 0) is 65.7 Å². The van der Waals surface area contributed by atoms with E-state index in [2.05, 4.69) is 117 Å². The fourth-order valence-corrected chi connectivity index (χ4v) is 5.44. The van der Waals surface area contributed by atoms with Gasteiger partial charge in [-0.1, -0.05) is 60.7 Å². The van der Waals surface area contributed by atoms with Gasteiger partial charge in [0.25, 0.3) is 0 Å². The Balaban J connectivity index is 1.44. The Kier molecular flexibility index (Phi) is 3.63. The summed E-state index contributed by atoms with van der Waals surface area (Å²) in [7, 11) is 0. The fourth-order valence-electron chi connectivity index (χ4n) is 5.44. The molecule has 1 N–H and O–H groups in total. The first-order valence-corrected chi connectivity index (χ1v) is 11.8. The first-order valence-electron chi connectivity index (χ1n) is 11.8. The van der Waals surface area contributed by atoms with Crippen molar-refractivity contribution in [3.05, 3.63) is 115 Å². The van der Waals surface area contributed by atoms with E-state index in [1.807, 2.05) is 12.1 Å². The highest BCUT2D eigenvalue weighted by Crippen LogP contribution is 2.34. The van der Waals surface area contributed by atoms with E-state index in [9.17, 15) is 0 Å². The Hall–Kier alpha value is -4.83. The van der Waals surface area contributed by atoms with Gasteiger partial charge in [-0.15, -0.1) is 0 Å². The number of hydrogen-bond acceptors (Lipinski definition) is 1. The van der Waals surface area contributed by atoms with Crippen LogP contribution in [0.25, 0.3) is 66.5 Å². The van der Waals surface area contributed by atoms with Crippen molar-refractivity contribution in [1.82, 2.24) is 18.9 Å². The van der Waals surface area contributed by atoms with Crippen LogP contribution in [0.1, 0.15) is 0 Å². The zero-order valence-corrected chi connectivity index (χ0v) is 18.8. The van der Waals surface area contributed by atoms with E-state index in [1.54, 1.807) is 0 Å². The number of para-hydroxylation sites is 4. The van der Waals surface area contributed by atoms with Gasteiger partial charge in [-0.25, -0.2) is 4.98 Å². The molecule has 0 unspecified atom stereocenters. The highest BCUT2D eigenvalue weighted by atomic mass is 15.2. The van der Waals surface area contributed by atoms with Crippen LogP contribution in [-0.4, -0.2) is 18.9 Å². The SMILES string of the molecule is c1ccc(-n2c3ccc(-c4ccc5[nH]c6ccccc6c5c4)cc3n3c4ccccc4nc23)cc1. The van der Waals surface area contributed by atoms with Gasteiger partial charge in [-0.2, -0.15) is 0 Å². The highest BCUT2D eigenvalue weighted by Gasteiger charge is 2.17. The van der Waals surface area contributed by atoms with Crippen LogP contribution >= 0.6 is 0 Å². The second kappa shape index (κ2) is 6.84. The van der Waals surface area contributed by atoms with Gasteiger partial charge in [0.15, 0.2) is 0 Å². The number of hydrogen-bond donors (Lipinski definition) is 1. The highest BCUT2D eigenvalue weighted by molar-refractivity contribution is 6.08. The fraction of sp³-hybridized carbons (Fsp3) is 0. The third-order valence-electron chi connectivity index (χ3n) is 7.05. The van der Waals surface area contributed by atoms with Crippen LogP contribution in [0.3, 0.4) is 0 Å². The summed E-state index contributed by atoms with van der Waals surface area (Å²) in [5.74, 6) is 0.927. The van der Waals surface area contributed by atoms with Crippen LogP contribution < -0.4 is 0 Å². The molecule has 0 amide bonds. The quantitative estimate of drug-likeness (QED) is 0.289. The lowest BCUT2D eigenvalue weighted by Gasteiger charge is -2.06. The number of imidazole rings is 2. The zero-order valence-electron chi connectivity index (χ0n) is 18.8. The molecule has 0 saturated heterocycles. The summed E-state index contributed by atoms with van der Waals surface area (Å²) in [6.07, 6.45) is 0. The number of nitrogens with one attached hydrogen (secondary N) is 1. The molecule has 4 nitrogen and oxygen atoms in total. The third kappa shape index (κ3) is 2.59. The van der Waals surface area contributed by atoms with Crippen LogP contribution in [0.5, 0.6) is 0 Å². The Morgan fingerprint density at radius 1 is 0.543 bits per heavy atom. The third-order valence-corrected chi connectivity index (χ3v) is 7.05. The monoisotopic (exact) mass is 448 g/mol. The molecular formula is C31H20N4. The molecule has 0 aliphatic rings. The van der Waals surface area contributed by atoms with Crippen LogP contribution in [0.4, 0.5) is 0 Å². The number of aromatic nitrogens is 4. The van der Waals surface area contributed by atoms with Crippen molar-refractivity contribution < 1.29 is 0 Å². The summed E-state index contributed by atoms with van der Waals surface area (Å²) in [4.78, 5) is 8.55. The first-order chi connectivity index (χ1) is 17.3. The molecule has 8 rings (SSSR count). The standard InChI is InChI=1S/C31H20N4/c1-2-8-22(9-3-1)34-29-17-15-21(19-30(29)35-28-13-7-6-12-27(28)33-31(34)35)20-14-16-26-24(18-20)23-10-4-5-11-25(23)32-26/h1-19,32H. The van der Waals surface area contributed by atoms with Crippen LogP contribution in [0.2, 0.25) is 0 Å². The summed E-state index contributed by atoms with van der Waals surface area (Å²) in [5, 5.41) is 2.50. The molecule has 3 heterocycles. The van der Waals surface area contributed by atoms with Crippen molar-refractivity contribution >= 4 is 49.7 Å². The van der Waals surface area contributed by atoms with Crippen molar-refractivity contribution in [2.24, 2.45) is 0 Å². The van der Waals surface area contributed by atoms with E-state index in [0.29, 0.717) is 0 Å². The molecule has 0 bridgehead atoms. The van der Waals surface area contributed by atoms with Gasteiger partial charge in [0, 0.05) is 27.5 Å². The normalized spacial score (nSPS) is 12.0. The van der Waals surface area contributed by atoms with Crippen LogP contribution in [0.15, 0.2) is 115 Å². The van der Waals surface area contributed by atoms with E-state index in [1.165, 1.54) is 27.4 Å². The largest absolute Gasteiger partial charge is 0.355 e. The summed E-state index contributed by atoms with van der Waals surface area (Å²) in [6, 6.07) is 40.7. The lowest BCUT2D eigenvalue weighted by molar-refractivity contribution is 1.11. The Labute approximate surface area is 200 Å². The van der Waals surface area contributed by atoms with Crippen molar-refractivity contribution in [2.45, 2.75) is 0 Å². The lowest BCUT2D eigenvalue weighted by atomic mass is 10.0. The first kappa shape index (κ1) is 18.6. The second-order valence-electron chi connectivity index (χ2n) is 9.04. The number of benzene rings is 5. The zero-order chi connectivity index (χ0) is 22.9. The Morgan fingerprint density at radius 3 is 2.23 bits per heavy atom. The molecule has 0 aliphatic carbocycles. The molecular weight excluding hydrogens is 428 g/mol. The topological polar surface area (TPSA) is 38.0 Å². The predicted octanol–water partition coefficient (Wildman–Crippen LogP) is 7.73. The minimum atomic E-state index is 0.927. The average molecular weight is 449 g/mol. The predicted molar refractivity (Wildman–Crippen MR) is 144 cm³/mol. The number of nitrogens with zero attached hydrogens (tertiary/aromatic N) is 3. The summed E-state index contributed by atoms with van der Waals surface area (Å²) >= 11 is 0.